The fraction of sp³-hybridized carbons (Fsp3) is 0.769. The molecule has 0 aliphatic carbocycles. The van der Waals surface area contributed by atoms with Gasteiger partial charge in [-0.1, -0.05) is 52.5 Å². The van der Waals surface area contributed by atoms with Crippen LogP contribution < -0.4 is 0 Å². The van der Waals surface area contributed by atoms with Crippen LogP contribution in [0, 0.1) is 5.92 Å². The van der Waals surface area contributed by atoms with E-state index in [9.17, 15) is 4.79 Å². The van der Waals surface area contributed by atoms with E-state index in [0.717, 1.165) is 18.8 Å². The van der Waals surface area contributed by atoms with Crippen molar-refractivity contribution in [2.24, 2.45) is 5.92 Å². The first-order chi connectivity index (χ1) is 6.66. The Balaban J connectivity index is 3.06. The highest BCUT2D eigenvalue weighted by Gasteiger charge is 1.96. The van der Waals surface area contributed by atoms with Crippen molar-refractivity contribution in [1.82, 2.24) is 0 Å². The van der Waals surface area contributed by atoms with E-state index in [1.54, 1.807) is 0 Å². The molecule has 0 spiro atoms. The topological polar surface area (TPSA) is 17.1 Å². The standard InChI is InChI=1S/C13H23O/c1-12(2)9-7-5-4-6-8-10-13(3)11-14/h12H,3-10H2,1-2H3. The van der Waals surface area contributed by atoms with Crippen LogP contribution in [0.1, 0.15) is 58.8 Å². The predicted octanol–water partition coefficient (Wildman–Crippen LogP) is 4.04. The summed E-state index contributed by atoms with van der Waals surface area (Å²) in [7, 11) is 0. The SMILES string of the molecule is C=C([C]=O)CCCCCCCC(C)C. The molecule has 0 saturated heterocycles. The van der Waals surface area contributed by atoms with Crippen molar-refractivity contribution < 1.29 is 4.79 Å². The molecule has 1 nitrogen and oxygen atoms in total. The Bertz CT molecular complexity index is 159. The summed E-state index contributed by atoms with van der Waals surface area (Å²) < 4.78 is 0. The summed E-state index contributed by atoms with van der Waals surface area (Å²) in [5.41, 5.74) is 0.618. The Morgan fingerprint density at radius 3 is 2.29 bits per heavy atom. The van der Waals surface area contributed by atoms with E-state index in [-0.39, 0.29) is 0 Å². The van der Waals surface area contributed by atoms with E-state index in [2.05, 4.69) is 20.4 Å². The first-order valence-electron chi connectivity index (χ1n) is 5.72. The minimum atomic E-state index is 0.618. The molecule has 0 aromatic carbocycles. The first kappa shape index (κ1) is 13.4. The predicted molar refractivity (Wildman–Crippen MR) is 62.0 cm³/mol. The van der Waals surface area contributed by atoms with Gasteiger partial charge in [0, 0.05) is 0 Å². The lowest BCUT2D eigenvalue weighted by molar-refractivity contribution is 0.514. The molecule has 0 aromatic rings. The Morgan fingerprint density at radius 2 is 1.71 bits per heavy atom. The highest BCUT2D eigenvalue weighted by Crippen LogP contribution is 2.12. The van der Waals surface area contributed by atoms with Gasteiger partial charge >= 0.3 is 0 Å². The van der Waals surface area contributed by atoms with Gasteiger partial charge in [0.05, 0.1) is 0 Å². The van der Waals surface area contributed by atoms with Gasteiger partial charge in [0.2, 0.25) is 6.29 Å². The maximum atomic E-state index is 10.1. The largest absolute Gasteiger partial charge is 0.285 e. The van der Waals surface area contributed by atoms with Gasteiger partial charge in [-0.05, 0) is 24.3 Å². The molecule has 0 amide bonds. The van der Waals surface area contributed by atoms with Crippen molar-refractivity contribution in [2.45, 2.75) is 58.8 Å². The van der Waals surface area contributed by atoms with E-state index in [0.29, 0.717) is 5.57 Å². The highest BCUT2D eigenvalue weighted by atomic mass is 16.1. The molecule has 0 atom stereocenters. The Morgan fingerprint density at radius 1 is 1.14 bits per heavy atom. The summed E-state index contributed by atoms with van der Waals surface area (Å²) in [5.74, 6) is 0.833. The summed E-state index contributed by atoms with van der Waals surface area (Å²) in [6.45, 7) is 8.14. The summed E-state index contributed by atoms with van der Waals surface area (Å²) >= 11 is 0. The molecular weight excluding hydrogens is 172 g/mol. The minimum absolute atomic E-state index is 0.618. The summed E-state index contributed by atoms with van der Waals surface area (Å²) in [5, 5.41) is 0. The quantitative estimate of drug-likeness (QED) is 0.401. The van der Waals surface area contributed by atoms with E-state index in [1.807, 2.05) is 6.29 Å². The van der Waals surface area contributed by atoms with Crippen LogP contribution in [0.5, 0.6) is 0 Å². The minimum Gasteiger partial charge on any atom is -0.285 e. The maximum Gasteiger partial charge on any atom is 0.228 e. The van der Waals surface area contributed by atoms with Gasteiger partial charge in [-0.15, -0.1) is 0 Å². The molecule has 0 aliphatic heterocycles. The van der Waals surface area contributed by atoms with Gasteiger partial charge in [0.1, 0.15) is 0 Å². The molecule has 0 fully saturated rings. The third kappa shape index (κ3) is 9.50. The zero-order valence-corrected chi connectivity index (χ0v) is 9.64. The molecule has 0 saturated carbocycles. The van der Waals surface area contributed by atoms with Gasteiger partial charge < -0.3 is 0 Å². The number of unbranched alkanes of at least 4 members (excludes halogenated alkanes) is 4. The van der Waals surface area contributed by atoms with Crippen LogP contribution in [0.25, 0.3) is 0 Å². The zero-order valence-electron chi connectivity index (χ0n) is 9.64. The van der Waals surface area contributed by atoms with Gasteiger partial charge in [-0.3, -0.25) is 4.79 Å². The van der Waals surface area contributed by atoms with Crippen LogP contribution in [-0.4, -0.2) is 6.29 Å². The van der Waals surface area contributed by atoms with E-state index in [4.69, 9.17) is 0 Å². The van der Waals surface area contributed by atoms with Crippen LogP contribution in [0.4, 0.5) is 0 Å². The number of hydrogen-bond acceptors (Lipinski definition) is 1. The number of hydrogen-bond donors (Lipinski definition) is 0. The molecule has 0 aliphatic rings. The lowest BCUT2D eigenvalue weighted by Crippen LogP contribution is -1.88. The van der Waals surface area contributed by atoms with Crippen LogP contribution in [0.2, 0.25) is 0 Å². The molecule has 0 rings (SSSR count). The molecule has 0 unspecified atom stereocenters. The summed E-state index contributed by atoms with van der Waals surface area (Å²) in [4.78, 5) is 10.1. The summed E-state index contributed by atoms with van der Waals surface area (Å²) in [6, 6.07) is 0. The second-order valence-electron chi connectivity index (χ2n) is 4.41. The van der Waals surface area contributed by atoms with Crippen LogP contribution in [0.15, 0.2) is 12.2 Å². The van der Waals surface area contributed by atoms with Crippen molar-refractivity contribution in [3.8, 4) is 0 Å². The Hall–Kier alpha value is -0.590. The summed E-state index contributed by atoms with van der Waals surface area (Å²) in [6.07, 6.45) is 10.3. The zero-order chi connectivity index (χ0) is 10.8. The van der Waals surface area contributed by atoms with Gasteiger partial charge in [0.15, 0.2) is 0 Å². The molecule has 1 radical (unpaired) electrons. The van der Waals surface area contributed by atoms with Crippen molar-refractivity contribution in [3.63, 3.8) is 0 Å². The molecule has 0 N–H and O–H groups in total. The lowest BCUT2D eigenvalue weighted by Gasteiger charge is -2.03. The number of allylic oxidation sites excluding steroid dienone is 1. The van der Waals surface area contributed by atoms with E-state index in [1.165, 1.54) is 32.1 Å². The highest BCUT2D eigenvalue weighted by molar-refractivity contribution is 5.72. The fourth-order valence-corrected chi connectivity index (χ4v) is 1.47. The molecule has 0 aromatic heterocycles. The maximum absolute atomic E-state index is 10.1. The van der Waals surface area contributed by atoms with E-state index >= 15 is 0 Å². The first-order valence-corrected chi connectivity index (χ1v) is 5.72. The average Bonchev–Trinajstić information content (AvgIpc) is 2.15. The van der Waals surface area contributed by atoms with Crippen molar-refractivity contribution in [1.29, 1.82) is 0 Å². The van der Waals surface area contributed by atoms with Crippen molar-refractivity contribution in [2.75, 3.05) is 0 Å². The Kier molecular flexibility index (Phi) is 8.61. The van der Waals surface area contributed by atoms with Crippen molar-refractivity contribution in [3.05, 3.63) is 12.2 Å². The third-order valence-electron chi connectivity index (χ3n) is 2.40. The molecule has 0 bridgehead atoms. The van der Waals surface area contributed by atoms with Gasteiger partial charge in [-0.2, -0.15) is 0 Å². The second kappa shape index (κ2) is 8.98. The second-order valence-corrected chi connectivity index (χ2v) is 4.41. The van der Waals surface area contributed by atoms with Crippen LogP contribution in [-0.2, 0) is 4.79 Å². The normalized spacial score (nSPS) is 10.5. The molecular formula is C13H23O. The lowest BCUT2D eigenvalue weighted by atomic mass is 10.0. The monoisotopic (exact) mass is 195 g/mol. The smallest absolute Gasteiger partial charge is 0.228 e. The molecule has 81 valence electrons. The fourth-order valence-electron chi connectivity index (χ4n) is 1.47. The number of rotatable bonds is 9. The molecule has 0 heterocycles. The van der Waals surface area contributed by atoms with Gasteiger partial charge in [-0.25, -0.2) is 0 Å². The Labute approximate surface area is 88.6 Å². The number of carbonyl (C=O) groups excluding carboxylic acids is 1. The van der Waals surface area contributed by atoms with E-state index < -0.39 is 0 Å². The van der Waals surface area contributed by atoms with Crippen molar-refractivity contribution >= 4 is 6.29 Å². The van der Waals surface area contributed by atoms with Crippen LogP contribution in [0.3, 0.4) is 0 Å². The van der Waals surface area contributed by atoms with Gasteiger partial charge in [0.25, 0.3) is 0 Å². The van der Waals surface area contributed by atoms with Crippen LogP contribution >= 0.6 is 0 Å². The average molecular weight is 195 g/mol. The molecule has 1 heteroatoms. The molecule has 14 heavy (non-hydrogen) atoms. The third-order valence-corrected chi connectivity index (χ3v) is 2.40.